The van der Waals surface area contributed by atoms with Crippen molar-refractivity contribution in [2.75, 3.05) is 39.1 Å². The predicted octanol–water partition coefficient (Wildman–Crippen LogP) is 1.41. The molecule has 72 valence electrons. The summed E-state index contributed by atoms with van der Waals surface area (Å²) in [4.78, 5) is 4.88. The molecule has 1 unspecified atom stereocenters. The van der Waals surface area contributed by atoms with Crippen LogP contribution in [0.1, 0.15) is 12.8 Å². The molecule has 0 spiro atoms. The fraction of sp³-hybridized carbons (Fsp3) is 1.00. The number of hydrogen-bond donors (Lipinski definition) is 0. The average molecular weight is 235 g/mol. The molecule has 0 radical (unpaired) electrons. The molecule has 1 aliphatic heterocycles. The quantitative estimate of drug-likeness (QED) is 0.680. The third kappa shape index (κ3) is 3.04. The van der Waals surface area contributed by atoms with E-state index in [9.17, 15) is 0 Å². The summed E-state index contributed by atoms with van der Waals surface area (Å²) in [5.41, 5.74) is 0. The maximum absolute atomic E-state index is 3.46. The first-order valence-electron chi connectivity index (χ1n) is 4.69. The lowest BCUT2D eigenvalue weighted by molar-refractivity contribution is 0.227. The summed E-state index contributed by atoms with van der Waals surface area (Å²) >= 11 is 3.46. The molecule has 1 rings (SSSR count). The van der Waals surface area contributed by atoms with Crippen molar-refractivity contribution in [2.24, 2.45) is 0 Å². The highest BCUT2D eigenvalue weighted by Gasteiger charge is 2.21. The second-order valence-electron chi connectivity index (χ2n) is 3.73. The zero-order chi connectivity index (χ0) is 8.97. The van der Waals surface area contributed by atoms with Gasteiger partial charge in [-0.2, -0.15) is 0 Å². The molecule has 1 aliphatic rings. The highest BCUT2D eigenvalue weighted by molar-refractivity contribution is 9.09. The lowest BCUT2D eigenvalue weighted by atomic mass is 10.2. The molecule has 0 aliphatic carbocycles. The molecule has 0 bridgehead atoms. The zero-order valence-electron chi connectivity index (χ0n) is 8.09. The Morgan fingerprint density at radius 1 is 1.58 bits per heavy atom. The van der Waals surface area contributed by atoms with Crippen molar-refractivity contribution in [3.05, 3.63) is 0 Å². The Labute approximate surface area is 84.0 Å². The molecule has 0 saturated carbocycles. The van der Waals surface area contributed by atoms with E-state index in [0.717, 1.165) is 17.9 Å². The third-order valence-corrected chi connectivity index (χ3v) is 3.01. The van der Waals surface area contributed by atoms with Gasteiger partial charge in [0.2, 0.25) is 0 Å². The van der Waals surface area contributed by atoms with Gasteiger partial charge in [0.15, 0.2) is 0 Å². The molecule has 1 saturated heterocycles. The number of rotatable bonds is 4. The van der Waals surface area contributed by atoms with E-state index >= 15 is 0 Å². The second-order valence-corrected chi connectivity index (χ2v) is 4.52. The van der Waals surface area contributed by atoms with Crippen LogP contribution in [0.2, 0.25) is 0 Å². The minimum atomic E-state index is 0.800. The monoisotopic (exact) mass is 234 g/mol. The Morgan fingerprint density at radius 2 is 2.33 bits per heavy atom. The van der Waals surface area contributed by atoms with Gasteiger partial charge in [0.25, 0.3) is 0 Å². The standard InChI is InChI=1S/C9H19BrN2/c1-11(7-5-10)8-9-4-3-6-12(9)2/h9H,3-8H2,1-2H3. The van der Waals surface area contributed by atoms with Crippen LogP contribution in [0.15, 0.2) is 0 Å². The first-order chi connectivity index (χ1) is 5.74. The molecule has 12 heavy (non-hydrogen) atoms. The number of likely N-dealkylation sites (N-methyl/N-ethyl adjacent to an activating group) is 2. The van der Waals surface area contributed by atoms with Gasteiger partial charge in [-0.3, -0.25) is 0 Å². The van der Waals surface area contributed by atoms with Crippen molar-refractivity contribution in [2.45, 2.75) is 18.9 Å². The zero-order valence-corrected chi connectivity index (χ0v) is 9.68. The van der Waals surface area contributed by atoms with Gasteiger partial charge < -0.3 is 9.80 Å². The van der Waals surface area contributed by atoms with E-state index in [1.807, 2.05) is 0 Å². The van der Waals surface area contributed by atoms with E-state index in [4.69, 9.17) is 0 Å². The summed E-state index contributed by atoms with van der Waals surface area (Å²) < 4.78 is 0. The SMILES string of the molecule is CN(CCBr)CC1CCCN1C. The Balaban J connectivity index is 2.20. The van der Waals surface area contributed by atoms with Crippen LogP contribution in [0.3, 0.4) is 0 Å². The molecule has 0 aromatic carbocycles. The van der Waals surface area contributed by atoms with Gasteiger partial charge in [-0.1, -0.05) is 15.9 Å². The lowest BCUT2D eigenvalue weighted by Gasteiger charge is -2.25. The van der Waals surface area contributed by atoms with E-state index in [2.05, 4.69) is 39.8 Å². The van der Waals surface area contributed by atoms with Crippen LogP contribution in [0, 0.1) is 0 Å². The molecule has 0 amide bonds. The highest BCUT2D eigenvalue weighted by atomic mass is 79.9. The molecule has 1 heterocycles. The summed E-state index contributed by atoms with van der Waals surface area (Å²) in [5.74, 6) is 0. The van der Waals surface area contributed by atoms with Crippen LogP contribution < -0.4 is 0 Å². The molecule has 0 aromatic rings. The summed E-state index contributed by atoms with van der Waals surface area (Å²) in [5, 5.41) is 1.08. The number of likely N-dealkylation sites (tertiary alicyclic amines) is 1. The molecule has 0 N–H and O–H groups in total. The first-order valence-corrected chi connectivity index (χ1v) is 5.81. The highest BCUT2D eigenvalue weighted by Crippen LogP contribution is 2.15. The van der Waals surface area contributed by atoms with Crippen molar-refractivity contribution in [1.82, 2.24) is 9.80 Å². The molecule has 3 heteroatoms. The number of nitrogens with zero attached hydrogens (tertiary/aromatic N) is 2. The fourth-order valence-corrected chi connectivity index (χ4v) is 2.41. The van der Waals surface area contributed by atoms with Gasteiger partial charge in [0.1, 0.15) is 0 Å². The molecule has 1 atom stereocenters. The largest absolute Gasteiger partial charge is 0.304 e. The lowest BCUT2D eigenvalue weighted by Crippen LogP contribution is -2.37. The fourth-order valence-electron chi connectivity index (χ4n) is 1.81. The average Bonchev–Trinajstić information content (AvgIpc) is 2.37. The molecular formula is C9H19BrN2. The molecule has 2 nitrogen and oxygen atoms in total. The normalized spacial score (nSPS) is 25.5. The number of alkyl halides is 1. The van der Waals surface area contributed by atoms with Gasteiger partial charge >= 0.3 is 0 Å². The number of halogens is 1. The molecule has 0 aromatic heterocycles. The van der Waals surface area contributed by atoms with E-state index in [1.165, 1.54) is 25.9 Å². The summed E-state index contributed by atoms with van der Waals surface area (Å²) in [7, 11) is 4.44. The first kappa shape index (κ1) is 10.5. The summed E-state index contributed by atoms with van der Waals surface area (Å²) in [6.45, 7) is 3.67. The Bertz CT molecular complexity index is 130. The Kier molecular flexibility index (Phi) is 4.54. The van der Waals surface area contributed by atoms with Crippen LogP contribution in [-0.4, -0.2) is 54.9 Å². The van der Waals surface area contributed by atoms with E-state index < -0.39 is 0 Å². The molecular weight excluding hydrogens is 216 g/mol. The molecule has 1 fully saturated rings. The topological polar surface area (TPSA) is 6.48 Å². The van der Waals surface area contributed by atoms with Crippen molar-refractivity contribution < 1.29 is 0 Å². The summed E-state index contributed by atoms with van der Waals surface area (Å²) in [6.07, 6.45) is 2.76. The minimum absolute atomic E-state index is 0.800. The van der Waals surface area contributed by atoms with E-state index in [1.54, 1.807) is 0 Å². The van der Waals surface area contributed by atoms with Gasteiger partial charge in [0.05, 0.1) is 0 Å². The van der Waals surface area contributed by atoms with Crippen molar-refractivity contribution in [3.63, 3.8) is 0 Å². The summed E-state index contributed by atoms with van der Waals surface area (Å²) in [6, 6.07) is 0.800. The van der Waals surface area contributed by atoms with Gasteiger partial charge in [-0.05, 0) is 33.5 Å². The van der Waals surface area contributed by atoms with Crippen LogP contribution in [0.4, 0.5) is 0 Å². The van der Waals surface area contributed by atoms with Crippen LogP contribution in [0.5, 0.6) is 0 Å². The smallest absolute Gasteiger partial charge is 0.0220 e. The van der Waals surface area contributed by atoms with Crippen LogP contribution in [0.25, 0.3) is 0 Å². The minimum Gasteiger partial charge on any atom is -0.304 e. The maximum Gasteiger partial charge on any atom is 0.0220 e. The van der Waals surface area contributed by atoms with E-state index in [0.29, 0.717) is 0 Å². The third-order valence-electron chi connectivity index (χ3n) is 2.66. The van der Waals surface area contributed by atoms with Crippen LogP contribution in [-0.2, 0) is 0 Å². The second kappa shape index (κ2) is 5.20. The Morgan fingerprint density at radius 3 is 2.83 bits per heavy atom. The van der Waals surface area contributed by atoms with Crippen molar-refractivity contribution in [3.8, 4) is 0 Å². The van der Waals surface area contributed by atoms with Crippen LogP contribution >= 0.6 is 15.9 Å². The van der Waals surface area contributed by atoms with Gasteiger partial charge in [-0.15, -0.1) is 0 Å². The van der Waals surface area contributed by atoms with Crippen molar-refractivity contribution in [1.29, 1.82) is 0 Å². The van der Waals surface area contributed by atoms with E-state index in [-0.39, 0.29) is 0 Å². The maximum atomic E-state index is 3.46. The van der Waals surface area contributed by atoms with Crippen molar-refractivity contribution >= 4 is 15.9 Å². The Hall–Kier alpha value is 0.400. The number of hydrogen-bond acceptors (Lipinski definition) is 2. The van der Waals surface area contributed by atoms with Gasteiger partial charge in [-0.25, -0.2) is 0 Å². The van der Waals surface area contributed by atoms with Gasteiger partial charge in [0, 0.05) is 24.5 Å². The predicted molar refractivity (Wildman–Crippen MR) is 56.9 cm³/mol.